The topological polar surface area (TPSA) is 132 Å². The number of piperidine rings is 1. The molecular weight excluding hydrogens is 508 g/mol. The fourth-order valence-corrected chi connectivity index (χ4v) is 6.50. The van der Waals surface area contributed by atoms with E-state index in [2.05, 4.69) is 33.5 Å². The van der Waals surface area contributed by atoms with Crippen molar-refractivity contribution in [2.45, 2.75) is 44.0 Å². The summed E-state index contributed by atoms with van der Waals surface area (Å²) < 4.78 is 40.8. The number of hydrogen-bond acceptors (Lipinski definition) is 8. The molecule has 2 aromatic heterocycles. The fourth-order valence-electron chi connectivity index (χ4n) is 5.02. The first-order valence-corrected chi connectivity index (χ1v) is 14.0. The molecule has 0 aliphatic carbocycles. The molecule has 0 spiro atoms. The summed E-state index contributed by atoms with van der Waals surface area (Å²) in [6.45, 7) is 5.96. The molecule has 12 heteroatoms. The number of hydrogen-bond donors (Lipinski definition) is 1. The Balaban J connectivity index is 1.22. The second-order valence-electron chi connectivity index (χ2n) is 9.78. The summed E-state index contributed by atoms with van der Waals surface area (Å²) in [6, 6.07) is 10.9. The first kappa shape index (κ1) is 24.6. The zero-order valence-corrected chi connectivity index (χ0v) is 22.0. The number of rotatable bonds is 5. The molecule has 0 unspecified atom stereocenters. The molecule has 1 fully saturated rings. The zero-order valence-electron chi connectivity index (χ0n) is 21.2. The molecule has 0 radical (unpaired) electrons. The number of aromatic amines is 1. The van der Waals surface area contributed by atoms with Crippen molar-refractivity contribution in [3.63, 3.8) is 0 Å². The van der Waals surface area contributed by atoms with Crippen LogP contribution in [0.4, 0.5) is 0 Å². The quantitative estimate of drug-likeness (QED) is 0.412. The van der Waals surface area contributed by atoms with Crippen LogP contribution in [0.15, 0.2) is 46.1 Å². The van der Waals surface area contributed by atoms with E-state index in [9.17, 15) is 13.2 Å². The molecule has 198 valence electrons. The maximum atomic E-state index is 13.3. The third-order valence-corrected chi connectivity index (χ3v) is 9.10. The van der Waals surface area contributed by atoms with E-state index in [0.717, 1.165) is 16.7 Å². The largest absolute Gasteiger partial charge is 0.486 e. The molecule has 0 saturated carbocycles. The summed E-state index contributed by atoms with van der Waals surface area (Å²) in [6.07, 6.45) is 1.05. The SMILES string of the molecule is Cc1ccc(C)c(Cn2nnc3c(=O)[nH]c(C4CCN(S(=O)(=O)c5ccc6c(c5)OCCO6)CC4)nc32)c1. The molecule has 2 aromatic carbocycles. The number of nitrogens with one attached hydrogen (secondary N) is 1. The molecule has 0 bridgehead atoms. The van der Waals surface area contributed by atoms with E-state index in [4.69, 9.17) is 14.5 Å². The highest BCUT2D eigenvalue weighted by atomic mass is 32.2. The van der Waals surface area contributed by atoms with E-state index in [0.29, 0.717) is 68.7 Å². The maximum Gasteiger partial charge on any atom is 0.281 e. The highest BCUT2D eigenvalue weighted by Crippen LogP contribution is 2.35. The van der Waals surface area contributed by atoms with E-state index >= 15 is 0 Å². The molecule has 2 aliphatic heterocycles. The Morgan fingerprint density at radius 3 is 2.58 bits per heavy atom. The van der Waals surface area contributed by atoms with Crippen molar-refractivity contribution in [1.29, 1.82) is 0 Å². The van der Waals surface area contributed by atoms with Crippen LogP contribution in [0, 0.1) is 13.8 Å². The number of aryl methyl sites for hydroxylation is 2. The van der Waals surface area contributed by atoms with E-state index in [1.807, 2.05) is 13.8 Å². The van der Waals surface area contributed by atoms with Crippen LogP contribution in [0.2, 0.25) is 0 Å². The van der Waals surface area contributed by atoms with E-state index in [1.54, 1.807) is 16.8 Å². The number of aromatic nitrogens is 5. The van der Waals surface area contributed by atoms with Gasteiger partial charge in [-0.05, 0) is 49.9 Å². The second kappa shape index (κ2) is 9.52. The van der Waals surface area contributed by atoms with Gasteiger partial charge in [-0.1, -0.05) is 29.0 Å². The summed E-state index contributed by atoms with van der Waals surface area (Å²) in [4.78, 5) is 20.6. The van der Waals surface area contributed by atoms with E-state index in [1.165, 1.54) is 10.4 Å². The average molecular weight is 537 g/mol. The van der Waals surface area contributed by atoms with Crippen molar-refractivity contribution in [3.8, 4) is 11.5 Å². The molecule has 0 atom stereocenters. The summed E-state index contributed by atoms with van der Waals surface area (Å²) in [5, 5.41) is 8.26. The summed E-state index contributed by atoms with van der Waals surface area (Å²) >= 11 is 0. The molecule has 4 aromatic rings. The van der Waals surface area contributed by atoms with Crippen LogP contribution < -0.4 is 15.0 Å². The molecule has 1 N–H and O–H groups in total. The minimum absolute atomic E-state index is 0.0946. The standard InChI is InChI=1S/C26H28N6O5S/c1-16-3-4-17(2)19(13-16)15-32-25-23(29-30-32)26(33)28-24(27-25)18-7-9-31(10-8-18)38(34,35)20-5-6-21-22(14-20)37-12-11-36-21/h3-6,13-14,18H,7-12,15H2,1-2H3,(H,27,28,33). The molecule has 6 rings (SSSR count). The van der Waals surface area contributed by atoms with Crippen molar-refractivity contribution in [3.05, 3.63) is 69.3 Å². The average Bonchev–Trinajstić information content (AvgIpc) is 3.33. The van der Waals surface area contributed by atoms with Crippen molar-refractivity contribution in [2.75, 3.05) is 26.3 Å². The lowest BCUT2D eigenvalue weighted by Gasteiger charge is -2.31. The molecular formula is C26H28N6O5S. The van der Waals surface area contributed by atoms with Gasteiger partial charge in [0.15, 0.2) is 22.7 Å². The van der Waals surface area contributed by atoms with Gasteiger partial charge in [-0.15, -0.1) is 5.10 Å². The van der Waals surface area contributed by atoms with E-state index < -0.39 is 10.0 Å². The van der Waals surface area contributed by atoms with Crippen molar-refractivity contribution in [1.82, 2.24) is 29.3 Å². The van der Waals surface area contributed by atoms with Gasteiger partial charge in [-0.3, -0.25) is 4.79 Å². The normalized spacial score (nSPS) is 16.7. The molecule has 38 heavy (non-hydrogen) atoms. The predicted molar refractivity (Wildman–Crippen MR) is 139 cm³/mol. The number of benzene rings is 2. The predicted octanol–water partition coefficient (Wildman–Crippen LogP) is 2.52. The molecule has 0 amide bonds. The van der Waals surface area contributed by atoms with Crippen molar-refractivity contribution >= 4 is 21.2 Å². The molecule has 1 saturated heterocycles. The van der Waals surface area contributed by atoms with Crippen LogP contribution in [0.1, 0.15) is 41.3 Å². The van der Waals surface area contributed by atoms with Gasteiger partial charge < -0.3 is 14.5 Å². The summed E-state index contributed by atoms with van der Waals surface area (Å²) in [5.41, 5.74) is 3.62. The Kier molecular flexibility index (Phi) is 6.15. The van der Waals surface area contributed by atoms with Gasteiger partial charge in [-0.2, -0.15) is 4.31 Å². The Labute approximate surface area is 219 Å². The van der Waals surface area contributed by atoms with Gasteiger partial charge in [-0.25, -0.2) is 18.1 Å². The Bertz CT molecular complexity index is 1690. The molecule has 11 nitrogen and oxygen atoms in total. The van der Waals surface area contributed by atoms with Crippen molar-refractivity contribution < 1.29 is 17.9 Å². The first-order chi connectivity index (χ1) is 18.3. The van der Waals surface area contributed by atoms with Crippen LogP contribution in [-0.2, 0) is 16.6 Å². The van der Waals surface area contributed by atoms with Gasteiger partial charge in [0, 0.05) is 25.1 Å². The number of sulfonamides is 1. The Morgan fingerprint density at radius 2 is 1.79 bits per heavy atom. The summed E-state index contributed by atoms with van der Waals surface area (Å²) in [7, 11) is -3.70. The van der Waals surface area contributed by atoms with Gasteiger partial charge in [0.25, 0.3) is 5.56 Å². The highest BCUT2D eigenvalue weighted by Gasteiger charge is 2.32. The lowest BCUT2D eigenvalue weighted by molar-refractivity contribution is 0.171. The van der Waals surface area contributed by atoms with Crippen LogP contribution in [0.25, 0.3) is 11.2 Å². The second-order valence-corrected chi connectivity index (χ2v) is 11.7. The van der Waals surface area contributed by atoms with Crippen LogP contribution in [0.3, 0.4) is 0 Å². The number of fused-ring (bicyclic) bond motifs is 2. The third-order valence-electron chi connectivity index (χ3n) is 7.21. The maximum absolute atomic E-state index is 13.3. The Hall–Kier alpha value is -3.77. The lowest BCUT2D eigenvalue weighted by Crippen LogP contribution is -2.38. The number of nitrogens with zero attached hydrogens (tertiary/aromatic N) is 5. The van der Waals surface area contributed by atoms with Crippen LogP contribution >= 0.6 is 0 Å². The van der Waals surface area contributed by atoms with Gasteiger partial charge in [0.1, 0.15) is 19.0 Å². The number of ether oxygens (including phenoxy) is 2. The number of H-pyrrole nitrogens is 1. The lowest BCUT2D eigenvalue weighted by atomic mass is 9.97. The zero-order chi connectivity index (χ0) is 26.4. The smallest absolute Gasteiger partial charge is 0.281 e. The van der Waals surface area contributed by atoms with Crippen LogP contribution in [-0.4, -0.2) is 64.0 Å². The van der Waals surface area contributed by atoms with Gasteiger partial charge in [0.2, 0.25) is 10.0 Å². The Morgan fingerprint density at radius 1 is 1.03 bits per heavy atom. The highest BCUT2D eigenvalue weighted by molar-refractivity contribution is 7.89. The van der Waals surface area contributed by atoms with Crippen molar-refractivity contribution in [2.24, 2.45) is 0 Å². The van der Waals surface area contributed by atoms with Gasteiger partial charge >= 0.3 is 0 Å². The first-order valence-electron chi connectivity index (χ1n) is 12.6. The monoisotopic (exact) mass is 536 g/mol. The van der Waals surface area contributed by atoms with Gasteiger partial charge in [0.05, 0.1) is 11.4 Å². The minimum Gasteiger partial charge on any atom is -0.486 e. The minimum atomic E-state index is -3.70. The molecule has 4 heterocycles. The van der Waals surface area contributed by atoms with Crippen LogP contribution in [0.5, 0.6) is 11.5 Å². The third kappa shape index (κ3) is 4.43. The van der Waals surface area contributed by atoms with E-state index in [-0.39, 0.29) is 21.9 Å². The fraction of sp³-hybridized carbons (Fsp3) is 0.385. The molecule has 2 aliphatic rings. The summed E-state index contributed by atoms with van der Waals surface area (Å²) in [5.74, 6) is 1.42.